The summed E-state index contributed by atoms with van der Waals surface area (Å²) in [5.41, 5.74) is 18.0. The average molecular weight is 755 g/mol. The van der Waals surface area contributed by atoms with E-state index < -0.39 is 0 Å². The molecule has 0 bridgehead atoms. The fourth-order valence-corrected chi connectivity index (χ4v) is 7.41. The molecule has 3 aromatic carbocycles. The van der Waals surface area contributed by atoms with E-state index >= 15 is 0 Å². The second-order valence-electron chi connectivity index (χ2n) is 15.8. The number of fused-ring (bicyclic) bond motifs is 5. The van der Waals surface area contributed by atoms with Gasteiger partial charge in [-0.05, 0) is 70.2 Å². The summed E-state index contributed by atoms with van der Waals surface area (Å²) in [4.78, 5) is 0. The van der Waals surface area contributed by atoms with Crippen LogP contribution in [0, 0.1) is 23.8 Å². The fraction of sp³-hybridized carbons (Fsp3) is 0.378. The van der Waals surface area contributed by atoms with E-state index in [-0.39, 0.29) is 35.6 Å². The predicted octanol–water partition coefficient (Wildman–Crippen LogP) is 5.99. The van der Waals surface area contributed by atoms with E-state index in [9.17, 15) is 0 Å². The van der Waals surface area contributed by atoms with Crippen molar-refractivity contribution in [2.24, 2.45) is 11.3 Å². The van der Waals surface area contributed by atoms with Crippen molar-refractivity contribution in [2.75, 3.05) is 0 Å². The van der Waals surface area contributed by atoms with E-state index in [2.05, 4.69) is 158 Å². The molecule has 252 valence electrons. The Labute approximate surface area is 319 Å². The summed E-state index contributed by atoms with van der Waals surface area (Å²) in [6, 6.07) is 20.3. The first-order valence-electron chi connectivity index (χ1n) is 17.1. The first kappa shape index (κ1) is 40.3. The van der Waals surface area contributed by atoms with Gasteiger partial charge >= 0.3 is 63.8 Å². The minimum atomic E-state index is 0. The van der Waals surface area contributed by atoms with Gasteiger partial charge in [0.1, 0.15) is 0 Å². The molecule has 1 atom stereocenters. The molecule has 48 heavy (non-hydrogen) atoms. The van der Waals surface area contributed by atoms with Gasteiger partial charge in [-0.25, -0.2) is 18.6 Å². The van der Waals surface area contributed by atoms with Crippen molar-refractivity contribution in [2.45, 2.75) is 99.3 Å². The van der Waals surface area contributed by atoms with Crippen molar-refractivity contribution in [3.8, 4) is 11.1 Å². The van der Waals surface area contributed by atoms with Crippen LogP contribution in [0.4, 0.5) is 0 Å². The van der Waals surface area contributed by atoms with E-state index in [4.69, 9.17) is 0 Å². The van der Waals surface area contributed by atoms with Crippen molar-refractivity contribution in [1.82, 2.24) is 0 Å². The van der Waals surface area contributed by atoms with Gasteiger partial charge in [-0.2, -0.15) is 17.2 Å². The van der Waals surface area contributed by atoms with Crippen LogP contribution in [0.25, 0.3) is 22.3 Å². The molecule has 3 heteroatoms. The van der Waals surface area contributed by atoms with Crippen molar-refractivity contribution >= 4 is 14.9 Å². The zero-order chi connectivity index (χ0) is 33.4. The van der Waals surface area contributed by atoms with Gasteiger partial charge < -0.3 is 24.8 Å². The molecule has 3 aromatic rings. The van der Waals surface area contributed by atoms with Gasteiger partial charge in [-0.3, -0.25) is 6.08 Å². The second-order valence-corrected chi connectivity index (χ2v) is 16.5. The van der Waals surface area contributed by atoms with Crippen LogP contribution in [-0.4, -0.2) is 3.71 Å². The maximum absolute atomic E-state index is 3.35. The monoisotopic (exact) mass is 752 g/mol. The van der Waals surface area contributed by atoms with E-state index in [0.717, 1.165) is 12.8 Å². The fourth-order valence-electron chi connectivity index (χ4n) is 6.94. The van der Waals surface area contributed by atoms with Crippen LogP contribution >= 0.6 is 0 Å². The third-order valence-electron chi connectivity index (χ3n) is 10.2. The van der Waals surface area contributed by atoms with Crippen LogP contribution in [0.2, 0.25) is 0 Å². The summed E-state index contributed by atoms with van der Waals surface area (Å²) in [7, 11) is 0. The van der Waals surface area contributed by atoms with Gasteiger partial charge in [-0.15, -0.1) is 12.5 Å². The van der Waals surface area contributed by atoms with Crippen molar-refractivity contribution < 1.29 is 49.0 Å². The molecule has 0 aromatic heterocycles. The number of benzene rings is 3. The first-order valence-corrected chi connectivity index (χ1v) is 18.5. The number of allylic oxidation sites excluding steroid dienone is 8. The molecule has 4 aliphatic carbocycles. The van der Waals surface area contributed by atoms with Crippen LogP contribution < -0.4 is 24.8 Å². The first-order chi connectivity index (χ1) is 21.6. The summed E-state index contributed by atoms with van der Waals surface area (Å²) in [5.74, 6) is 0.573. The normalized spacial score (nSPS) is 18.5. The summed E-state index contributed by atoms with van der Waals surface area (Å²) in [6.07, 6.45) is 18.3. The van der Waals surface area contributed by atoms with Gasteiger partial charge in [0.2, 0.25) is 0 Å². The molecule has 0 saturated heterocycles. The van der Waals surface area contributed by atoms with Crippen molar-refractivity contribution in [1.29, 1.82) is 0 Å². The Bertz CT molecular complexity index is 1670. The number of rotatable bonds is 2. The molecule has 1 unspecified atom stereocenters. The molecule has 7 rings (SSSR count). The molecule has 4 aliphatic rings. The number of hydrogen-bond donors (Lipinski definition) is 0. The number of hydrogen-bond acceptors (Lipinski definition) is 0. The summed E-state index contributed by atoms with van der Waals surface area (Å²) in [6.45, 7) is 22.9. The average Bonchev–Trinajstić information content (AvgIpc) is 3.66. The Kier molecular flexibility index (Phi) is 13.2. The van der Waals surface area contributed by atoms with Crippen LogP contribution in [-0.2, 0) is 41.5 Å². The van der Waals surface area contributed by atoms with E-state index in [1.165, 1.54) is 97.4 Å². The molecule has 0 spiro atoms. The standard InChI is InChI=1S/C27H29.C11H17.C7H6.2ClH.Zr/c1-16-7-9-26(3,4)24-12-18-11-19-13-25-21(17(2)8-10-27(25,5)6)15-23(19)22(18)14-20(16)24;1-5-9-6-7-10(8-9)11(2,3)4;1-7-5-3-2-4-6-7;;;/h7-9,12-15H,10-11H2,1-6H3;7-9H,5H2,1-4H3;1-6H;2*1H;/q2*-1;;;;+2/p-2. The molecule has 0 radical (unpaired) electrons. The van der Waals surface area contributed by atoms with Gasteiger partial charge in [0.25, 0.3) is 0 Å². The quantitative estimate of drug-likeness (QED) is 0.221. The predicted molar refractivity (Wildman–Crippen MR) is 198 cm³/mol. The molecular formula is C45H52Cl2Zr-2. The molecule has 0 saturated carbocycles. The Morgan fingerprint density at radius 2 is 1.44 bits per heavy atom. The third kappa shape index (κ3) is 8.57. The Balaban J connectivity index is 0.000000247. The van der Waals surface area contributed by atoms with Gasteiger partial charge in [0.05, 0.1) is 0 Å². The molecule has 0 amide bonds. The molecule has 0 heterocycles. The van der Waals surface area contributed by atoms with Gasteiger partial charge in [-0.1, -0.05) is 108 Å². The van der Waals surface area contributed by atoms with Crippen molar-refractivity contribution in [3.63, 3.8) is 0 Å². The zero-order valence-electron chi connectivity index (χ0n) is 30.6. The Hall–Kier alpha value is -2.18. The molecule has 0 fully saturated rings. The topological polar surface area (TPSA) is 0 Å². The SMILES string of the molecule is CC1=C[CH-]C(C)(C)c2cc3c(cc21)-c1cc2c(cc1C3)C(C)(C)CC=C2C.CCC1[C-]=CC(C(C)(C)C)=C1.[Cl-].[Cl-].[Zr+2]=[CH]c1ccccc1. The van der Waals surface area contributed by atoms with Gasteiger partial charge in [0.15, 0.2) is 0 Å². The van der Waals surface area contributed by atoms with Crippen molar-refractivity contribution in [3.05, 3.63) is 136 Å². The summed E-state index contributed by atoms with van der Waals surface area (Å²) < 4.78 is 2.17. The summed E-state index contributed by atoms with van der Waals surface area (Å²) >= 11 is 1.46. The maximum atomic E-state index is 3.35. The second kappa shape index (κ2) is 15.8. The van der Waals surface area contributed by atoms with Crippen LogP contribution in [0.15, 0.2) is 84.5 Å². The molecule has 0 aliphatic heterocycles. The third-order valence-corrected chi connectivity index (χ3v) is 11.0. The van der Waals surface area contributed by atoms with E-state index in [1.54, 1.807) is 0 Å². The molecule has 0 N–H and O–H groups in total. The molecule has 0 nitrogen and oxygen atoms in total. The Morgan fingerprint density at radius 3 is 1.94 bits per heavy atom. The van der Waals surface area contributed by atoms with Crippen LogP contribution in [0.1, 0.15) is 121 Å². The zero-order valence-corrected chi connectivity index (χ0v) is 34.6. The van der Waals surface area contributed by atoms with Gasteiger partial charge in [0, 0.05) is 0 Å². The van der Waals surface area contributed by atoms with E-state index in [0.29, 0.717) is 11.3 Å². The number of halogens is 2. The molecular weight excluding hydrogens is 703 g/mol. The Morgan fingerprint density at radius 1 is 0.854 bits per heavy atom. The summed E-state index contributed by atoms with van der Waals surface area (Å²) in [5, 5.41) is 0. The minimum absolute atomic E-state index is 0. The van der Waals surface area contributed by atoms with Crippen LogP contribution in [0.3, 0.4) is 0 Å². The van der Waals surface area contributed by atoms with Crippen LogP contribution in [0.5, 0.6) is 0 Å². The van der Waals surface area contributed by atoms with E-state index in [1.807, 2.05) is 6.07 Å².